The van der Waals surface area contributed by atoms with Crippen LogP contribution in [0, 0.1) is 0 Å². The third kappa shape index (κ3) is 5.72. The van der Waals surface area contributed by atoms with Gasteiger partial charge in [0.05, 0.1) is 18.2 Å². The summed E-state index contributed by atoms with van der Waals surface area (Å²) in [4.78, 5) is 23.5. The van der Waals surface area contributed by atoms with Gasteiger partial charge in [-0.05, 0) is 36.8 Å². The Hall–Kier alpha value is -2.12. The highest BCUT2D eigenvalue weighted by molar-refractivity contribution is 7.80. The van der Waals surface area contributed by atoms with Crippen molar-refractivity contribution in [2.45, 2.75) is 26.3 Å². The molecule has 25 heavy (non-hydrogen) atoms. The maximum atomic E-state index is 12.5. The Kier molecular flexibility index (Phi) is 6.78. The lowest BCUT2D eigenvalue weighted by Gasteiger charge is -2.29. The maximum absolute atomic E-state index is 12.5. The van der Waals surface area contributed by atoms with Crippen molar-refractivity contribution in [2.24, 2.45) is 0 Å². The molecule has 0 spiro atoms. The predicted octanol–water partition coefficient (Wildman–Crippen LogP) is 2.11. The van der Waals surface area contributed by atoms with Crippen LogP contribution < -0.4 is 10.6 Å². The fourth-order valence-electron chi connectivity index (χ4n) is 2.42. The molecule has 1 aromatic rings. The molecule has 0 radical (unpaired) electrons. The first-order valence-corrected chi connectivity index (χ1v) is 8.48. The molecule has 0 aliphatic carbocycles. The number of carbonyl (C=O) groups excluding carboxylic acids is 2. The van der Waals surface area contributed by atoms with E-state index in [1.807, 2.05) is 18.2 Å². The maximum Gasteiger partial charge on any atom is 0.338 e. The number of ether oxygens (including phenoxy) is 2. The van der Waals surface area contributed by atoms with Gasteiger partial charge < -0.3 is 20.1 Å². The number of thiocarbonyl (C=S) groups is 1. The van der Waals surface area contributed by atoms with Crippen LogP contribution in [-0.2, 0) is 25.5 Å². The summed E-state index contributed by atoms with van der Waals surface area (Å²) in [5, 5.41) is 6.80. The zero-order valence-electron chi connectivity index (χ0n) is 13.9. The highest BCUT2D eigenvalue weighted by atomic mass is 35.5. The van der Waals surface area contributed by atoms with Crippen molar-refractivity contribution >= 4 is 40.9 Å². The molecule has 1 unspecified atom stereocenters. The van der Waals surface area contributed by atoms with Crippen molar-refractivity contribution in [2.75, 3.05) is 13.2 Å². The molecule has 0 fully saturated rings. The van der Waals surface area contributed by atoms with E-state index in [2.05, 4.69) is 10.6 Å². The third-order valence-corrected chi connectivity index (χ3v) is 4.00. The summed E-state index contributed by atoms with van der Waals surface area (Å²) in [5.41, 5.74) is 1.91. The molecule has 1 aliphatic rings. The summed E-state index contributed by atoms with van der Waals surface area (Å²) >= 11 is 11.0. The number of esters is 2. The van der Waals surface area contributed by atoms with Crippen LogP contribution in [0.15, 0.2) is 35.5 Å². The van der Waals surface area contributed by atoms with Crippen LogP contribution in [0.5, 0.6) is 0 Å². The van der Waals surface area contributed by atoms with Crippen molar-refractivity contribution in [1.29, 1.82) is 0 Å². The summed E-state index contributed by atoms with van der Waals surface area (Å²) in [7, 11) is 0. The van der Waals surface area contributed by atoms with Crippen LogP contribution in [0.3, 0.4) is 0 Å². The average molecular weight is 383 g/mol. The average Bonchev–Trinajstić information content (AvgIpc) is 2.52. The van der Waals surface area contributed by atoms with E-state index in [1.165, 1.54) is 6.92 Å². The lowest BCUT2D eigenvalue weighted by Crippen LogP contribution is -2.51. The van der Waals surface area contributed by atoms with E-state index in [-0.39, 0.29) is 13.2 Å². The number of allylic oxidation sites excluding steroid dienone is 1. The predicted molar refractivity (Wildman–Crippen MR) is 98.1 cm³/mol. The zero-order chi connectivity index (χ0) is 18.4. The summed E-state index contributed by atoms with van der Waals surface area (Å²) in [5.74, 6) is -0.920. The number of halogens is 1. The van der Waals surface area contributed by atoms with Crippen molar-refractivity contribution in [1.82, 2.24) is 10.6 Å². The lowest BCUT2D eigenvalue weighted by molar-refractivity contribution is -0.143. The second kappa shape index (κ2) is 8.82. The van der Waals surface area contributed by atoms with Gasteiger partial charge >= 0.3 is 11.9 Å². The number of hydrogen-bond acceptors (Lipinski definition) is 5. The van der Waals surface area contributed by atoms with Crippen molar-refractivity contribution < 1.29 is 19.1 Å². The van der Waals surface area contributed by atoms with E-state index in [0.29, 0.717) is 27.8 Å². The van der Waals surface area contributed by atoms with Gasteiger partial charge in [0.15, 0.2) is 5.11 Å². The Labute approximate surface area is 156 Å². The molecule has 0 bridgehead atoms. The molecule has 1 atom stereocenters. The van der Waals surface area contributed by atoms with Gasteiger partial charge in [0.25, 0.3) is 0 Å². The Bertz CT molecular complexity index is 720. The van der Waals surface area contributed by atoms with Gasteiger partial charge in [-0.1, -0.05) is 23.7 Å². The topological polar surface area (TPSA) is 76.7 Å². The van der Waals surface area contributed by atoms with E-state index in [4.69, 9.17) is 33.3 Å². The molecule has 2 rings (SSSR count). The smallest absolute Gasteiger partial charge is 0.338 e. The fourth-order valence-corrected chi connectivity index (χ4v) is 2.93. The first-order chi connectivity index (χ1) is 11.9. The molecule has 1 aliphatic heterocycles. The van der Waals surface area contributed by atoms with Gasteiger partial charge in [-0.2, -0.15) is 0 Å². The second-order valence-corrected chi connectivity index (χ2v) is 6.35. The minimum absolute atomic E-state index is 0.00673. The molecular formula is C17H19ClN2O4S. The van der Waals surface area contributed by atoms with Gasteiger partial charge in [-0.25, -0.2) is 4.79 Å². The highest BCUT2D eigenvalue weighted by Gasteiger charge is 2.30. The molecule has 0 amide bonds. The molecule has 0 saturated carbocycles. The molecule has 2 N–H and O–H groups in total. The first-order valence-electron chi connectivity index (χ1n) is 7.70. The quantitative estimate of drug-likeness (QED) is 0.576. The first kappa shape index (κ1) is 19.2. The lowest BCUT2D eigenvalue weighted by atomic mass is 10.0. The van der Waals surface area contributed by atoms with Crippen LogP contribution in [0.2, 0.25) is 5.02 Å². The normalized spacial score (nSPS) is 16.8. The number of benzene rings is 1. The third-order valence-electron chi connectivity index (χ3n) is 3.54. The monoisotopic (exact) mass is 382 g/mol. The summed E-state index contributed by atoms with van der Waals surface area (Å²) in [6.07, 6.45) is 0.548. The summed E-state index contributed by atoms with van der Waals surface area (Å²) in [6.45, 7) is 3.23. The van der Waals surface area contributed by atoms with E-state index in [0.717, 1.165) is 5.56 Å². The van der Waals surface area contributed by atoms with Gasteiger partial charge in [-0.3, -0.25) is 4.79 Å². The standard InChI is InChI=1S/C17H19ClN2O4S/c1-10-15(14(9-24-11(2)21)20-17(25)19-10)16(22)23-7-6-12-4-3-5-13(18)8-12/h3-5,8,14H,6-7,9H2,1-2H3,(H2,19,20,25). The van der Waals surface area contributed by atoms with Crippen molar-refractivity contribution in [3.63, 3.8) is 0 Å². The van der Waals surface area contributed by atoms with Crippen LogP contribution in [0.25, 0.3) is 0 Å². The minimum Gasteiger partial charge on any atom is -0.463 e. The van der Waals surface area contributed by atoms with Crippen molar-refractivity contribution in [3.05, 3.63) is 46.1 Å². The Morgan fingerprint density at radius 2 is 2.08 bits per heavy atom. The molecular weight excluding hydrogens is 364 g/mol. The Balaban J connectivity index is 1.99. The van der Waals surface area contributed by atoms with Crippen LogP contribution >= 0.6 is 23.8 Å². The second-order valence-electron chi connectivity index (χ2n) is 5.51. The van der Waals surface area contributed by atoms with Gasteiger partial charge in [0.2, 0.25) is 0 Å². The van der Waals surface area contributed by atoms with Crippen LogP contribution in [0.4, 0.5) is 0 Å². The molecule has 1 aromatic carbocycles. The van der Waals surface area contributed by atoms with Gasteiger partial charge in [0.1, 0.15) is 6.61 Å². The molecule has 8 heteroatoms. The van der Waals surface area contributed by atoms with Crippen molar-refractivity contribution in [3.8, 4) is 0 Å². The fraction of sp³-hybridized carbons (Fsp3) is 0.353. The largest absolute Gasteiger partial charge is 0.463 e. The Morgan fingerprint density at radius 1 is 1.32 bits per heavy atom. The summed E-state index contributed by atoms with van der Waals surface area (Å²) < 4.78 is 10.4. The van der Waals surface area contributed by atoms with E-state index in [9.17, 15) is 9.59 Å². The van der Waals surface area contributed by atoms with E-state index >= 15 is 0 Å². The van der Waals surface area contributed by atoms with Gasteiger partial charge in [0, 0.05) is 24.1 Å². The molecule has 0 aromatic heterocycles. The zero-order valence-corrected chi connectivity index (χ0v) is 15.5. The van der Waals surface area contributed by atoms with E-state index in [1.54, 1.807) is 13.0 Å². The number of rotatable bonds is 6. The Morgan fingerprint density at radius 3 is 2.76 bits per heavy atom. The molecule has 6 nitrogen and oxygen atoms in total. The number of nitrogens with one attached hydrogen (secondary N) is 2. The summed E-state index contributed by atoms with van der Waals surface area (Å²) in [6, 6.07) is 6.82. The number of hydrogen-bond donors (Lipinski definition) is 2. The highest BCUT2D eigenvalue weighted by Crippen LogP contribution is 2.16. The SMILES string of the molecule is CC(=O)OCC1NC(=S)NC(C)=C1C(=O)OCCc1cccc(Cl)c1. The molecule has 134 valence electrons. The van der Waals surface area contributed by atoms with E-state index < -0.39 is 18.0 Å². The van der Waals surface area contributed by atoms with Gasteiger partial charge in [-0.15, -0.1) is 0 Å². The molecule has 1 heterocycles. The van der Waals surface area contributed by atoms with Crippen LogP contribution in [-0.4, -0.2) is 36.3 Å². The molecule has 0 saturated heterocycles. The minimum atomic E-state index is -0.545. The number of carbonyl (C=O) groups is 2. The van der Waals surface area contributed by atoms with Crippen LogP contribution in [0.1, 0.15) is 19.4 Å².